The number of Topliss-reactive ketones (excluding diaryl/α,β-unsaturated/α-hetero) is 1. The Labute approximate surface area is 137 Å². The maximum absolute atomic E-state index is 12.5. The number of benzene rings is 2. The van der Waals surface area contributed by atoms with Crippen LogP contribution >= 0.6 is 0 Å². The van der Waals surface area contributed by atoms with Gasteiger partial charge in [-0.15, -0.1) is 0 Å². The van der Waals surface area contributed by atoms with E-state index in [2.05, 4.69) is 6.07 Å². The van der Waals surface area contributed by atoms with Gasteiger partial charge in [-0.3, -0.25) is 4.79 Å². The summed E-state index contributed by atoms with van der Waals surface area (Å²) in [4.78, 5) is 12.5. The Kier molecular flexibility index (Phi) is 5.18. The van der Waals surface area contributed by atoms with Crippen LogP contribution in [0.4, 0.5) is 0 Å². The van der Waals surface area contributed by atoms with E-state index >= 15 is 0 Å². The molecule has 3 heteroatoms. The molecule has 0 radical (unpaired) electrons. The van der Waals surface area contributed by atoms with E-state index in [0.717, 1.165) is 5.56 Å². The highest BCUT2D eigenvalue weighted by molar-refractivity contribution is 5.90. The van der Waals surface area contributed by atoms with Gasteiger partial charge in [0.1, 0.15) is 17.3 Å². The monoisotopic (exact) mass is 307 g/mol. The molecule has 0 aliphatic rings. The van der Waals surface area contributed by atoms with Crippen LogP contribution < -0.4 is 4.74 Å². The zero-order valence-electron chi connectivity index (χ0n) is 13.7. The molecule has 2 rings (SSSR count). The first-order valence-electron chi connectivity index (χ1n) is 7.64. The molecular formula is C20H21NO2. The molecule has 0 N–H and O–H groups in total. The van der Waals surface area contributed by atoms with Crippen molar-refractivity contribution in [3.8, 4) is 11.8 Å². The van der Waals surface area contributed by atoms with Gasteiger partial charge < -0.3 is 4.74 Å². The summed E-state index contributed by atoms with van der Waals surface area (Å²) in [5.74, 6) is -0.215. The lowest BCUT2D eigenvalue weighted by atomic mass is 9.92. The summed E-state index contributed by atoms with van der Waals surface area (Å²) in [5, 5.41) is 9.44. The van der Waals surface area contributed by atoms with E-state index in [4.69, 9.17) is 4.74 Å². The van der Waals surface area contributed by atoms with E-state index in [1.165, 1.54) is 0 Å². The molecule has 0 aromatic heterocycles. The normalized spacial score (nSPS) is 12.3. The fourth-order valence-electron chi connectivity index (χ4n) is 2.34. The molecule has 3 nitrogen and oxygen atoms in total. The summed E-state index contributed by atoms with van der Waals surface area (Å²) in [7, 11) is 0. The summed E-state index contributed by atoms with van der Waals surface area (Å²) < 4.78 is 5.81. The van der Waals surface area contributed by atoms with Crippen LogP contribution in [0.3, 0.4) is 0 Å². The number of ketones is 1. The number of carbonyl (C=O) groups is 1. The number of nitrogens with zero attached hydrogens (tertiary/aromatic N) is 1. The quantitative estimate of drug-likeness (QED) is 0.828. The fraction of sp³-hybridized carbons (Fsp3) is 0.300. The molecule has 0 fully saturated rings. The van der Waals surface area contributed by atoms with E-state index in [1.54, 1.807) is 12.1 Å². The van der Waals surface area contributed by atoms with Crippen molar-refractivity contribution in [2.75, 3.05) is 0 Å². The Morgan fingerprint density at radius 2 is 1.83 bits per heavy atom. The van der Waals surface area contributed by atoms with Crippen molar-refractivity contribution in [1.29, 1.82) is 5.26 Å². The van der Waals surface area contributed by atoms with Crippen molar-refractivity contribution in [1.82, 2.24) is 0 Å². The third-order valence-electron chi connectivity index (χ3n) is 3.29. The van der Waals surface area contributed by atoms with Crippen LogP contribution in [-0.4, -0.2) is 11.4 Å². The Morgan fingerprint density at radius 1 is 1.13 bits per heavy atom. The van der Waals surface area contributed by atoms with Gasteiger partial charge in [0.25, 0.3) is 0 Å². The van der Waals surface area contributed by atoms with Crippen molar-refractivity contribution < 1.29 is 9.53 Å². The van der Waals surface area contributed by atoms with Gasteiger partial charge in [0, 0.05) is 6.42 Å². The second kappa shape index (κ2) is 7.11. The van der Waals surface area contributed by atoms with Gasteiger partial charge in [0.15, 0.2) is 5.78 Å². The Balaban J connectivity index is 2.19. The van der Waals surface area contributed by atoms with Gasteiger partial charge in [0.2, 0.25) is 0 Å². The van der Waals surface area contributed by atoms with Gasteiger partial charge >= 0.3 is 0 Å². The first-order chi connectivity index (χ1) is 10.9. The van der Waals surface area contributed by atoms with Gasteiger partial charge in [-0.05, 0) is 44.0 Å². The molecule has 0 heterocycles. The number of hydrogen-bond donors (Lipinski definition) is 0. The zero-order chi connectivity index (χ0) is 16.9. The third-order valence-corrected chi connectivity index (χ3v) is 3.29. The summed E-state index contributed by atoms with van der Waals surface area (Å²) in [6, 6.07) is 18.8. The van der Waals surface area contributed by atoms with Crippen molar-refractivity contribution in [3.63, 3.8) is 0 Å². The molecule has 0 saturated carbocycles. The molecule has 1 atom stereocenters. The predicted octanol–water partition coefficient (Wildman–Crippen LogP) is 4.28. The smallest absolute Gasteiger partial charge is 0.158 e. The van der Waals surface area contributed by atoms with Gasteiger partial charge in [0.05, 0.1) is 6.07 Å². The Morgan fingerprint density at radius 3 is 2.43 bits per heavy atom. The molecule has 0 bridgehead atoms. The van der Waals surface area contributed by atoms with E-state index in [1.807, 2.05) is 63.2 Å². The lowest BCUT2D eigenvalue weighted by Crippen LogP contribution is -2.23. The van der Waals surface area contributed by atoms with Crippen LogP contribution in [0.2, 0.25) is 0 Å². The molecular weight excluding hydrogens is 286 g/mol. The lowest BCUT2D eigenvalue weighted by molar-refractivity contribution is -0.118. The maximum atomic E-state index is 12.5. The maximum Gasteiger partial charge on any atom is 0.158 e. The minimum atomic E-state index is -0.779. The Hall–Kier alpha value is -2.60. The van der Waals surface area contributed by atoms with Crippen LogP contribution in [0, 0.1) is 11.3 Å². The summed E-state index contributed by atoms with van der Waals surface area (Å²) in [5.41, 5.74) is 1.27. The summed E-state index contributed by atoms with van der Waals surface area (Å²) in [6.45, 7) is 5.88. The van der Waals surface area contributed by atoms with Crippen LogP contribution in [0.1, 0.15) is 37.8 Å². The second-order valence-electron chi connectivity index (χ2n) is 6.48. The minimum absolute atomic E-state index is 0.105. The van der Waals surface area contributed by atoms with Crippen molar-refractivity contribution in [2.24, 2.45) is 0 Å². The largest absolute Gasteiger partial charge is 0.488 e. The predicted molar refractivity (Wildman–Crippen MR) is 90.3 cm³/mol. The molecule has 23 heavy (non-hydrogen) atoms. The molecule has 0 aliphatic carbocycles. The van der Waals surface area contributed by atoms with Crippen molar-refractivity contribution >= 4 is 5.78 Å². The average molecular weight is 307 g/mol. The van der Waals surface area contributed by atoms with Gasteiger partial charge in [-0.1, -0.05) is 42.5 Å². The van der Waals surface area contributed by atoms with E-state index in [9.17, 15) is 10.1 Å². The van der Waals surface area contributed by atoms with Crippen molar-refractivity contribution in [2.45, 2.75) is 38.7 Å². The number of hydrogen-bond acceptors (Lipinski definition) is 3. The highest BCUT2D eigenvalue weighted by Crippen LogP contribution is 2.25. The number of rotatable bonds is 5. The standard InChI is InChI=1S/C20H21NO2/c1-20(2,3)23-17-11-7-10-16(13-17)18(14-21)19(22)12-15-8-5-4-6-9-15/h4-11,13,18H,12H2,1-3H3. The summed E-state index contributed by atoms with van der Waals surface area (Å²) in [6.07, 6.45) is 0.253. The van der Waals surface area contributed by atoms with Crippen LogP contribution in [0.15, 0.2) is 54.6 Å². The molecule has 0 saturated heterocycles. The highest BCUT2D eigenvalue weighted by Gasteiger charge is 2.21. The first kappa shape index (κ1) is 16.8. The number of ether oxygens (including phenoxy) is 1. The van der Waals surface area contributed by atoms with Gasteiger partial charge in [-0.2, -0.15) is 5.26 Å². The van der Waals surface area contributed by atoms with Crippen LogP contribution in [-0.2, 0) is 11.2 Å². The highest BCUT2D eigenvalue weighted by atomic mass is 16.5. The Bertz CT molecular complexity index is 708. The molecule has 0 amide bonds. The van der Waals surface area contributed by atoms with Crippen LogP contribution in [0.25, 0.3) is 0 Å². The fourth-order valence-corrected chi connectivity index (χ4v) is 2.34. The van der Waals surface area contributed by atoms with E-state index < -0.39 is 5.92 Å². The average Bonchev–Trinajstić information content (AvgIpc) is 2.47. The van der Waals surface area contributed by atoms with Crippen LogP contribution in [0.5, 0.6) is 5.75 Å². The minimum Gasteiger partial charge on any atom is -0.488 e. The second-order valence-corrected chi connectivity index (χ2v) is 6.48. The molecule has 1 unspecified atom stereocenters. The number of carbonyl (C=O) groups excluding carboxylic acids is 1. The summed E-state index contributed by atoms with van der Waals surface area (Å²) >= 11 is 0. The van der Waals surface area contributed by atoms with E-state index in [0.29, 0.717) is 11.3 Å². The first-order valence-corrected chi connectivity index (χ1v) is 7.64. The van der Waals surface area contributed by atoms with Crippen molar-refractivity contribution in [3.05, 3.63) is 65.7 Å². The van der Waals surface area contributed by atoms with E-state index in [-0.39, 0.29) is 17.8 Å². The molecule has 2 aromatic rings. The number of nitriles is 1. The third kappa shape index (κ3) is 4.96. The molecule has 0 spiro atoms. The molecule has 118 valence electrons. The van der Waals surface area contributed by atoms with Gasteiger partial charge in [-0.25, -0.2) is 0 Å². The molecule has 0 aliphatic heterocycles. The topological polar surface area (TPSA) is 50.1 Å². The molecule has 2 aromatic carbocycles. The zero-order valence-corrected chi connectivity index (χ0v) is 13.7. The SMILES string of the molecule is CC(C)(C)Oc1cccc(C(C#N)C(=O)Cc2ccccc2)c1. The lowest BCUT2D eigenvalue weighted by Gasteiger charge is -2.22.